The van der Waals surface area contributed by atoms with Gasteiger partial charge >= 0.3 is 17.7 Å². The normalized spacial score (nSPS) is 17.6. The molecule has 0 unspecified atom stereocenters. The van der Waals surface area contributed by atoms with Gasteiger partial charge in [-0.05, 0) is 23.9 Å². The van der Waals surface area contributed by atoms with Gasteiger partial charge in [0.25, 0.3) is 0 Å². The highest BCUT2D eigenvalue weighted by molar-refractivity contribution is 8.00. The van der Waals surface area contributed by atoms with Crippen LogP contribution >= 0.6 is 23.4 Å². The number of nitrogens with zero attached hydrogens (tertiary/aromatic N) is 3. The van der Waals surface area contributed by atoms with Gasteiger partial charge in [0.1, 0.15) is 11.9 Å². The third kappa shape index (κ3) is 3.28. The van der Waals surface area contributed by atoms with E-state index in [2.05, 4.69) is 9.84 Å². The molecular formula is C13H4ClF7N4OS. The minimum Gasteiger partial charge on any atom is -0.383 e. The lowest BCUT2D eigenvalue weighted by Crippen LogP contribution is -2.17. The van der Waals surface area contributed by atoms with Crippen molar-refractivity contribution in [3.05, 3.63) is 34.0 Å². The molecule has 1 aliphatic heterocycles. The van der Waals surface area contributed by atoms with E-state index in [1.807, 2.05) is 0 Å². The maximum absolute atomic E-state index is 13.7. The zero-order chi connectivity index (χ0) is 20.4. The van der Waals surface area contributed by atoms with Crippen LogP contribution in [0.2, 0.25) is 5.02 Å². The highest BCUT2D eigenvalue weighted by atomic mass is 35.5. The monoisotopic (exact) mass is 432 g/mol. The summed E-state index contributed by atoms with van der Waals surface area (Å²) >= 11 is 5.07. The molecule has 0 atom stereocenters. The standard InChI is InChI=1S/C13H4ClF7N4OS/c14-6-1-4-5(12(17,18)26-11(4,15)16)2-8(6)25-10(23)9(7(3-22)24-25)27-13(19,20)21/h1-2H,23H2. The van der Waals surface area contributed by atoms with Crippen molar-refractivity contribution in [1.82, 2.24) is 9.78 Å². The number of thioether (sulfide) groups is 1. The second kappa shape index (κ2) is 5.91. The Kier molecular flexibility index (Phi) is 4.29. The lowest BCUT2D eigenvalue weighted by Gasteiger charge is -2.12. The third-order valence-corrected chi connectivity index (χ3v) is 4.54. The number of rotatable bonds is 2. The summed E-state index contributed by atoms with van der Waals surface area (Å²) in [7, 11) is 0. The molecule has 2 heterocycles. The van der Waals surface area contributed by atoms with E-state index in [4.69, 9.17) is 22.6 Å². The number of aromatic nitrogens is 2. The molecular weight excluding hydrogens is 429 g/mol. The van der Waals surface area contributed by atoms with Crippen LogP contribution in [-0.4, -0.2) is 15.3 Å². The first kappa shape index (κ1) is 19.6. The van der Waals surface area contributed by atoms with Crippen molar-refractivity contribution >= 4 is 29.2 Å². The van der Waals surface area contributed by atoms with Crippen molar-refractivity contribution in [2.24, 2.45) is 0 Å². The van der Waals surface area contributed by atoms with Crippen LogP contribution in [0.5, 0.6) is 0 Å². The SMILES string of the molecule is N#Cc1nn(-c2cc3c(cc2Cl)C(F)(F)OC3(F)F)c(N)c1SC(F)(F)F. The number of nitriles is 1. The van der Waals surface area contributed by atoms with Gasteiger partial charge in [-0.25, -0.2) is 9.42 Å². The average molecular weight is 433 g/mol. The zero-order valence-corrected chi connectivity index (χ0v) is 14.0. The van der Waals surface area contributed by atoms with Gasteiger partial charge in [0.2, 0.25) is 0 Å². The molecule has 144 valence electrons. The van der Waals surface area contributed by atoms with Gasteiger partial charge in [-0.15, -0.1) is 0 Å². The maximum atomic E-state index is 13.7. The van der Waals surface area contributed by atoms with Crippen molar-refractivity contribution in [3.8, 4) is 11.8 Å². The first-order valence-electron chi connectivity index (χ1n) is 6.62. The van der Waals surface area contributed by atoms with Gasteiger partial charge in [-0.3, -0.25) is 0 Å². The molecule has 5 nitrogen and oxygen atoms in total. The summed E-state index contributed by atoms with van der Waals surface area (Å²) < 4.78 is 96.3. The van der Waals surface area contributed by atoms with Gasteiger partial charge in [-0.1, -0.05) is 11.6 Å². The van der Waals surface area contributed by atoms with E-state index in [0.29, 0.717) is 16.8 Å². The molecule has 2 aromatic rings. The van der Waals surface area contributed by atoms with E-state index >= 15 is 0 Å². The molecule has 0 saturated heterocycles. The van der Waals surface area contributed by atoms with Crippen LogP contribution in [-0.2, 0) is 17.0 Å². The van der Waals surface area contributed by atoms with Crippen molar-refractivity contribution in [1.29, 1.82) is 5.26 Å². The molecule has 0 fully saturated rings. The molecule has 0 spiro atoms. The van der Waals surface area contributed by atoms with Crippen LogP contribution in [0.3, 0.4) is 0 Å². The van der Waals surface area contributed by atoms with Crippen molar-refractivity contribution in [2.45, 2.75) is 22.6 Å². The number of ether oxygens (including phenoxy) is 1. The summed E-state index contributed by atoms with van der Waals surface area (Å²) in [5.41, 5.74) is -3.01. The summed E-state index contributed by atoms with van der Waals surface area (Å²) in [6, 6.07) is 2.31. The van der Waals surface area contributed by atoms with E-state index in [-0.39, 0.29) is 0 Å². The highest BCUT2D eigenvalue weighted by Gasteiger charge is 2.57. The molecule has 1 aromatic carbocycles. The number of alkyl halides is 7. The molecule has 0 amide bonds. The third-order valence-electron chi connectivity index (χ3n) is 3.40. The van der Waals surface area contributed by atoms with E-state index in [1.165, 1.54) is 6.07 Å². The second-order valence-electron chi connectivity index (χ2n) is 5.12. The molecule has 0 aliphatic carbocycles. The Bertz CT molecular complexity index is 983. The van der Waals surface area contributed by atoms with Gasteiger partial charge in [-0.2, -0.15) is 41.1 Å². The number of halogens is 8. The fourth-order valence-electron chi connectivity index (χ4n) is 2.37. The van der Waals surface area contributed by atoms with Gasteiger partial charge in [0.15, 0.2) is 5.69 Å². The van der Waals surface area contributed by atoms with E-state index in [0.717, 1.165) is 0 Å². The Morgan fingerprint density at radius 1 is 1.19 bits per heavy atom. The van der Waals surface area contributed by atoms with E-state index < -0.39 is 67.7 Å². The van der Waals surface area contributed by atoms with Crippen LogP contribution in [0.1, 0.15) is 16.8 Å². The molecule has 3 rings (SSSR count). The summed E-state index contributed by atoms with van der Waals surface area (Å²) in [5, 5.41) is 11.9. The lowest BCUT2D eigenvalue weighted by atomic mass is 10.1. The lowest BCUT2D eigenvalue weighted by molar-refractivity contribution is -0.369. The number of nitrogen functional groups attached to an aromatic ring is 1. The summed E-state index contributed by atoms with van der Waals surface area (Å²) in [6.07, 6.45) is -8.71. The average Bonchev–Trinajstić information content (AvgIpc) is 2.89. The predicted octanol–water partition coefficient (Wildman–Crippen LogP) is 4.72. The molecule has 0 radical (unpaired) electrons. The van der Waals surface area contributed by atoms with Crippen LogP contribution in [0.15, 0.2) is 17.0 Å². The zero-order valence-electron chi connectivity index (χ0n) is 12.4. The molecule has 0 saturated carbocycles. The molecule has 0 bridgehead atoms. The van der Waals surface area contributed by atoms with Crippen LogP contribution in [0.4, 0.5) is 36.6 Å². The number of hydrogen-bond donors (Lipinski definition) is 1. The second-order valence-corrected chi connectivity index (χ2v) is 6.60. The summed E-state index contributed by atoms with van der Waals surface area (Å²) in [4.78, 5) is -0.782. The van der Waals surface area contributed by atoms with Crippen LogP contribution < -0.4 is 5.73 Å². The highest BCUT2D eigenvalue weighted by Crippen LogP contribution is 2.52. The van der Waals surface area contributed by atoms with Gasteiger partial charge < -0.3 is 5.73 Å². The largest absolute Gasteiger partial charge is 0.446 e. The fourth-order valence-corrected chi connectivity index (χ4v) is 3.22. The number of benzene rings is 1. The van der Waals surface area contributed by atoms with Crippen molar-refractivity contribution in [2.75, 3.05) is 5.73 Å². The molecule has 1 aromatic heterocycles. The van der Waals surface area contributed by atoms with Crippen molar-refractivity contribution < 1.29 is 35.5 Å². The van der Waals surface area contributed by atoms with Crippen LogP contribution in [0, 0.1) is 11.3 Å². The predicted molar refractivity (Wildman–Crippen MR) is 78.5 cm³/mol. The van der Waals surface area contributed by atoms with E-state index in [1.54, 1.807) is 0 Å². The minimum absolute atomic E-state index is 0.463. The van der Waals surface area contributed by atoms with Gasteiger partial charge in [0, 0.05) is 0 Å². The number of anilines is 1. The molecule has 2 N–H and O–H groups in total. The quantitative estimate of drug-likeness (QED) is 0.549. The molecule has 27 heavy (non-hydrogen) atoms. The Morgan fingerprint density at radius 3 is 2.26 bits per heavy atom. The first-order valence-corrected chi connectivity index (χ1v) is 7.81. The minimum atomic E-state index is -4.82. The number of hydrogen-bond acceptors (Lipinski definition) is 5. The Morgan fingerprint density at radius 2 is 1.74 bits per heavy atom. The summed E-state index contributed by atoms with van der Waals surface area (Å²) in [6.45, 7) is 0. The summed E-state index contributed by atoms with van der Waals surface area (Å²) in [5.74, 6) is -0.732. The van der Waals surface area contributed by atoms with E-state index in [9.17, 15) is 30.7 Å². The molecule has 14 heteroatoms. The first-order chi connectivity index (χ1) is 12.3. The fraction of sp³-hybridized carbons (Fsp3) is 0.231. The Labute approximate surface area is 154 Å². The number of nitrogens with two attached hydrogens (primary N) is 1. The molecule has 1 aliphatic rings. The van der Waals surface area contributed by atoms with Gasteiger partial charge in [0.05, 0.1) is 26.7 Å². The topological polar surface area (TPSA) is 76.9 Å². The Balaban J connectivity index is 2.21. The number of fused-ring (bicyclic) bond motifs is 1. The van der Waals surface area contributed by atoms with Crippen molar-refractivity contribution in [3.63, 3.8) is 0 Å². The Hall–Kier alpha value is -2.17. The maximum Gasteiger partial charge on any atom is 0.446 e. The van der Waals surface area contributed by atoms with Crippen LogP contribution in [0.25, 0.3) is 5.69 Å². The smallest absolute Gasteiger partial charge is 0.383 e.